The SMILES string of the molecule is CN1CCN(CC2CCCN(c3nccnc3C#N)C2)CC1. The Balaban J connectivity index is 1.61. The Morgan fingerprint density at radius 1 is 1.18 bits per heavy atom. The summed E-state index contributed by atoms with van der Waals surface area (Å²) in [5.74, 6) is 1.42. The van der Waals surface area contributed by atoms with Crippen molar-refractivity contribution in [2.45, 2.75) is 12.8 Å². The molecule has 1 unspecified atom stereocenters. The van der Waals surface area contributed by atoms with Crippen molar-refractivity contribution in [2.24, 2.45) is 5.92 Å². The summed E-state index contributed by atoms with van der Waals surface area (Å²) in [5.41, 5.74) is 0.447. The lowest BCUT2D eigenvalue weighted by Gasteiger charge is -2.38. The lowest BCUT2D eigenvalue weighted by atomic mass is 9.97. The van der Waals surface area contributed by atoms with Gasteiger partial charge in [0.15, 0.2) is 11.5 Å². The fourth-order valence-electron chi connectivity index (χ4n) is 3.44. The predicted molar refractivity (Wildman–Crippen MR) is 85.6 cm³/mol. The van der Waals surface area contributed by atoms with Gasteiger partial charge in [0.25, 0.3) is 0 Å². The van der Waals surface area contributed by atoms with Crippen LogP contribution < -0.4 is 4.90 Å². The van der Waals surface area contributed by atoms with Crippen molar-refractivity contribution in [3.8, 4) is 6.07 Å². The topological polar surface area (TPSA) is 59.3 Å². The minimum Gasteiger partial charge on any atom is -0.354 e. The largest absolute Gasteiger partial charge is 0.354 e. The average molecular weight is 300 g/mol. The van der Waals surface area contributed by atoms with Gasteiger partial charge in [-0.25, -0.2) is 9.97 Å². The molecule has 6 nitrogen and oxygen atoms in total. The Bertz CT molecular complexity index is 532. The van der Waals surface area contributed by atoms with Crippen molar-refractivity contribution in [1.29, 1.82) is 5.26 Å². The number of hydrogen-bond acceptors (Lipinski definition) is 6. The summed E-state index contributed by atoms with van der Waals surface area (Å²) in [6, 6.07) is 2.16. The first-order chi connectivity index (χ1) is 10.8. The van der Waals surface area contributed by atoms with Crippen molar-refractivity contribution in [3.63, 3.8) is 0 Å². The highest BCUT2D eigenvalue weighted by atomic mass is 15.3. The maximum Gasteiger partial charge on any atom is 0.183 e. The van der Waals surface area contributed by atoms with Crippen LogP contribution in [0.1, 0.15) is 18.5 Å². The van der Waals surface area contributed by atoms with Crippen molar-refractivity contribution < 1.29 is 0 Å². The van der Waals surface area contributed by atoms with Crippen LogP contribution in [-0.4, -0.2) is 72.6 Å². The number of aromatic nitrogens is 2. The van der Waals surface area contributed by atoms with E-state index < -0.39 is 0 Å². The number of anilines is 1. The van der Waals surface area contributed by atoms with Gasteiger partial charge >= 0.3 is 0 Å². The van der Waals surface area contributed by atoms with Gasteiger partial charge in [0.1, 0.15) is 6.07 Å². The fourth-order valence-corrected chi connectivity index (χ4v) is 3.44. The van der Waals surface area contributed by atoms with Crippen LogP contribution in [0.25, 0.3) is 0 Å². The molecule has 0 aromatic carbocycles. The van der Waals surface area contributed by atoms with E-state index in [1.807, 2.05) is 0 Å². The Morgan fingerprint density at radius 3 is 2.73 bits per heavy atom. The molecular weight excluding hydrogens is 276 g/mol. The number of piperazine rings is 1. The van der Waals surface area contributed by atoms with Crippen molar-refractivity contribution in [3.05, 3.63) is 18.1 Å². The third-order valence-electron chi connectivity index (χ3n) is 4.72. The lowest BCUT2D eigenvalue weighted by Crippen LogP contribution is -2.48. The Labute approximate surface area is 132 Å². The first kappa shape index (κ1) is 15.2. The van der Waals surface area contributed by atoms with E-state index in [4.69, 9.17) is 0 Å². The van der Waals surface area contributed by atoms with Crippen molar-refractivity contribution in [1.82, 2.24) is 19.8 Å². The molecule has 118 valence electrons. The molecule has 2 aliphatic rings. The summed E-state index contributed by atoms with van der Waals surface area (Å²) >= 11 is 0. The van der Waals surface area contributed by atoms with Gasteiger partial charge < -0.3 is 14.7 Å². The van der Waals surface area contributed by atoms with Gasteiger partial charge in [-0.15, -0.1) is 0 Å². The summed E-state index contributed by atoms with van der Waals surface area (Å²) in [6.07, 6.45) is 5.71. The van der Waals surface area contributed by atoms with Gasteiger partial charge in [-0.3, -0.25) is 0 Å². The van der Waals surface area contributed by atoms with Gasteiger partial charge in [-0.05, 0) is 25.8 Å². The lowest BCUT2D eigenvalue weighted by molar-refractivity contribution is 0.131. The number of nitrogens with zero attached hydrogens (tertiary/aromatic N) is 6. The second-order valence-electron chi connectivity index (χ2n) is 6.40. The Morgan fingerprint density at radius 2 is 1.95 bits per heavy atom. The van der Waals surface area contributed by atoms with Crippen LogP contribution in [0.5, 0.6) is 0 Å². The molecule has 6 heteroatoms. The second-order valence-corrected chi connectivity index (χ2v) is 6.40. The molecule has 22 heavy (non-hydrogen) atoms. The summed E-state index contributed by atoms with van der Waals surface area (Å²) in [7, 11) is 2.19. The van der Waals surface area contributed by atoms with E-state index in [9.17, 15) is 5.26 Å². The molecule has 1 aromatic rings. The maximum absolute atomic E-state index is 9.21. The number of nitriles is 1. The first-order valence-electron chi connectivity index (χ1n) is 8.13. The van der Waals surface area contributed by atoms with Crippen LogP contribution >= 0.6 is 0 Å². The maximum atomic E-state index is 9.21. The quantitative estimate of drug-likeness (QED) is 0.823. The zero-order valence-corrected chi connectivity index (χ0v) is 13.3. The summed E-state index contributed by atoms with van der Waals surface area (Å²) in [5, 5.41) is 9.21. The van der Waals surface area contributed by atoms with Crippen LogP contribution in [0.2, 0.25) is 0 Å². The number of piperidine rings is 1. The van der Waals surface area contributed by atoms with Crippen LogP contribution in [0.3, 0.4) is 0 Å². The molecule has 0 aliphatic carbocycles. The monoisotopic (exact) mass is 300 g/mol. The highest BCUT2D eigenvalue weighted by Gasteiger charge is 2.25. The second kappa shape index (κ2) is 7.03. The number of rotatable bonds is 3. The molecule has 2 saturated heterocycles. The van der Waals surface area contributed by atoms with Crippen LogP contribution in [-0.2, 0) is 0 Å². The van der Waals surface area contributed by atoms with E-state index in [1.54, 1.807) is 12.4 Å². The van der Waals surface area contributed by atoms with Crippen molar-refractivity contribution >= 4 is 5.82 Å². The molecule has 0 amide bonds. The molecule has 1 aromatic heterocycles. The molecular formula is C16H24N6. The summed E-state index contributed by atoms with van der Waals surface area (Å²) in [4.78, 5) is 15.7. The zero-order chi connectivity index (χ0) is 15.4. The smallest absolute Gasteiger partial charge is 0.183 e. The van der Waals surface area contributed by atoms with Gasteiger partial charge in [-0.2, -0.15) is 5.26 Å². The van der Waals surface area contributed by atoms with E-state index in [-0.39, 0.29) is 0 Å². The minimum absolute atomic E-state index is 0.447. The first-order valence-corrected chi connectivity index (χ1v) is 8.13. The Kier molecular flexibility index (Phi) is 4.86. The van der Waals surface area contributed by atoms with E-state index in [0.717, 1.165) is 25.5 Å². The molecule has 3 rings (SSSR count). The number of likely N-dealkylation sites (N-methyl/N-ethyl adjacent to an activating group) is 1. The minimum atomic E-state index is 0.447. The van der Waals surface area contributed by atoms with Gasteiger partial charge in [0.05, 0.1) is 0 Å². The molecule has 2 aliphatic heterocycles. The Hall–Kier alpha value is -1.71. The van der Waals surface area contributed by atoms with E-state index in [2.05, 4.69) is 37.8 Å². The third kappa shape index (κ3) is 3.54. The van der Waals surface area contributed by atoms with E-state index in [0.29, 0.717) is 11.6 Å². The molecule has 0 radical (unpaired) electrons. The molecule has 0 spiro atoms. The van der Waals surface area contributed by atoms with E-state index in [1.165, 1.54) is 39.0 Å². The van der Waals surface area contributed by atoms with Crippen LogP contribution in [0.15, 0.2) is 12.4 Å². The van der Waals surface area contributed by atoms with Crippen LogP contribution in [0.4, 0.5) is 5.82 Å². The third-order valence-corrected chi connectivity index (χ3v) is 4.72. The highest BCUT2D eigenvalue weighted by molar-refractivity contribution is 5.49. The van der Waals surface area contributed by atoms with Gasteiger partial charge in [0.2, 0.25) is 0 Å². The van der Waals surface area contributed by atoms with Gasteiger partial charge in [0, 0.05) is 58.2 Å². The zero-order valence-electron chi connectivity index (χ0n) is 13.3. The molecule has 1 atom stereocenters. The summed E-state index contributed by atoms with van der Waals surface area (Å²) in [6.45, 7) is 7.79. The molecule has 3 heterocycles. The van der Waals surface area contributed by atoms with Crippen LogP contribution in [0, 0.1) is 17.2 Å². The molecule has 0 bridgehead atoms. The van der Waals surface area contributed by atoms with Crippen molar-refractivity contribution in [2.75, 3.05) is 57.8 Å². The fraction of sp³-hybridized carbons (Fsp3) is 0.688. The highest BCUT2D eigenvalue weighted by Crippen LogP contribution is 2.24. The van der Waals surface area contributed by atoms with Gasteiger partial charge in [-0.1, -0.05) is 0 Å². The number of hydrogen-bond donors (Lipinski definition) is 0. The standard InChI is InChI=1S/C16H24N6/c1-20-7-9-21(10-8-20)12-14-3-2-6-22(13-14)16-15(11-17)18-4-5-19-16/h4-5,14H,2-3,6-10,12-13H2,1H3. The summed E-state index contributed by atoms with van der Waals surface area (Å²) < 4.78 is 0. The molecule has 2 fully saturated rings. The molecule has 0 saturated carbocycles. The predicted octanol–water partition coefficient (Wildman–Crippen LogP) is 0.812. The normalized spacial score (nSPS) is 24.2. The average Bonchev–Trinajstić information content (AvgIpc) is 2.57. The van der Waals surface area contributed by atoms with E-state index >= 15 is 0 Å². The molecule has 0 N–H and O–H groups in total.